The maximum absolute atomic E-state index is 13.7. The van der Waals surface area contributed by atoms with Gasteiger partial charge in [-0.2, -0.15) is 4.31 Å². The van der Waals surface area contributed by atoms with Gasteiger partial charge in [-0.25, -0.2) is 13.2 Å². The van der Waals surface area contributed by atoms with Crippen LogP contribution in [0.15, 0.2) is 90.1 Å². The number of carboxylic acid groups (broad SMARTS) is 1. The highest BCUT2D eigenvalue weighted by Gasteiger charge is 2.43. The van der Waals surface area contributed by atoms with E-state index in [2.05, 4.69) is 15.6 Å². The van der Waals surface area contributed by atoms with Gasteiger partial charge in [-0.15, -0.1) is 0 Å². The smallest absolute Gasteiger partial charge is 0.326 e. The van der Waals surface area contributed by atoms with Crippen molar-refractivity contribution in [3.8, 4) is 0 Å². The highest BCUT2D eigenvalue weighted by molar-refractivity contribution is 7.89. The van der Waals surface area contributed by atoms with Gasteiger partial charge in [0.05, 0.1) is 20.5 Å². The quantitative estimate of drug-likeness (QED) is 0.230. The van der Waals surface area contributed by atoms with Gasteiger partial charge in [0.25, 0.3) is 5.91 Å². The van der Waals surface area contributed by atoms with E-state index in [1.165, 1.54) is 24.5 Å². The molecule has 1 aliphatic heterocycles. The second-order valence-electron chi connectivity index (χ2n) is 10.2. The molecular formula is C31H26Cl2N4O6S. The standard InChI is InChI=1S/C31H26Cl2N4O6S/c1-18-6-12-22(13-7-18)44(42,43)37-17-20-4-2-3-5-23(20)28(37)30(39)36-26(31(40)41)14-19-8-10-21(11-9-19)35-29(38)27-24(32)15-34-16-25(27)33/h2-13,15-16,26,28H,14,17H2,1H3,(H,35,38)(H,36,39)(H,40,41)/t26-,28?/m0/s1. The predicted octanol–water partition coefficient (Wildman–Crippen LogP) is 5.01. The van der Waals surface area contributed by atoms with Crippen molar-refractivity contribution in [1.82, 2.24) is 14.6 Å². The van der Waals surface area contributed by atoms with E-state index in [0.717, 1.165) is 9.87 Å². The summed E-state index contributed by atoms with van der Waals surface area (Å²) in [5.74, 6) is -2.60. The summed E-state index contributed by atoms with van der Waals surface area (Å²) in [5, 5.41) is 15.4. The van der Waals surface area contributed by atoms with E-state index >= 15 is 0 Å². The van der Waals surface area contributed by atoms with E-state index < -0.39 is 39.9 Å². The molecule has 2 heterocycles. The van der Waals surface area contributed by atoms with Gasteiger partial charge in [0.2, 0.25) is 15.9 Å². The fourth-order valence-corrected chi connectivity index (χ4v) is 7.02. The van der Waals surface area contributed by atoms with Crippen molar-refractivity contribution in [1.29, 1.82) is 0 Å². The molecule has 0 spiro atoms. The number of hydrogen-bond donors (Lipinski definition) is 3. The number of pyridine rings is 1. The van der Waals surface area contributed by atoms with Crippen LogP contribution in [0.1, 0.15) is 38.7 Å². The minimum Gasteiger partial charge on any atom is -0.480 e. The van der Waals surface area contributed by atoms with Crippen LogP contribution in [0.25, 0.3) is 0 Å². The van der Waals surface area contributed by atoms with Crippen molar-refractivity contribution in [2.75, 3.05) is 5.32 Å². The number of carboxylic acids is 1. The zero-order valence-electron chi connectivity index (χ0n) is 23.2. The highest BCUT2D eigenvalue weighted by Crippen LogP contribution is 2.38. The largest absolute Gasteiger partial charge is 0.480 e. The minimum atomic E-state index is -4.10. The van der Waals surface area contributed by atoms with Crippen molar-refractivity contribution in [2.45, 2.75) is 36.9 Å². The first kappa shape index (κ1) is 31.1. The molecule has 0 fully saturated rings. The Kier molecular flexibility index (Phi) is 9.02. The van der Waals surface area contributed by atoms with Crippen molar-refractivity contribution < 1.29 is 27.9 Å². The van der Waals surface area contributed by atoms with E-state index in [-0.39, 0.29) is 33.5 Å². The summed E-state index contributed by atoms with van der Waals surface area (Å²) in [7, 11) is -4.10. The highest BCUT2D eigenvalue weighted by atomic mass is 35.5. The zero-order chi connectivity index (χ0) is 31.6. The molecule has 1 unspecified atom stereocenters. The number of aliphatic carboxylic acids is 1. The third-order valence-electron chi connectivity index (χ3n) is 7.19. The van der Waals surface area contributed by atoms with Gasteiger partial charge in [-0.05, 0) is 47.9 Å². The number of rotatable bonds is 9. The monoisotopic (exact) mass is 652 g/mol. The molecule has 3 N–H and O–H groups in total. The first-order chi connectivity index (χ1) is 21.0. The Morgan fingerprint density at radius 2 is 1.61 bits per heavy atom. The molecule has 226 valence electrons. The molecule has 1 aromatic heterocycles. The first-order valence-electron chi connectivity index (χ1n) is 13.3. The third kappa shape index (κ3) is 6.46. The van der Waals surface area contributed by atoms with Gasteiger partial charge in [0.1, 0.15) is 12.1 Å². The van der Waals surface area contributed by atoms with Gasteiger partial charge < -0.3 is 15.7 Å². The number of fused-ring (bicyclic) bond motifs is 1. The lowest BCUT2D eigenvalue weighted by Gasteiger charge is -2.25. The van der Waals surface area contributed by atoms with Crippen molar-refractivity contribution in [2.24, 2.45) is 0 Å². The SMILES string of the molecule is Cc1ccc(S(=O)(=O)N2Cc3ccccc3C2C(=O)N[C@@H](Cc2ccc(NC(=O)c3c(Cl)cncc3Cl)cc2)C(=O)O)cc1. The summed E-state index contributed by atoms with van der Waals surface area (Å²) in [6.45, 7) is 1.80. The Bertz CT molecular complexity index is 1830. The van der Waals surface area contributed by atoms with E-state index in [1.807, 2.05) is 6.92 Å². The molecule has 13 heteroatoms. The number of sulfonamides is 1. The lowest BCUT2D eigenvalue weighted by Crippen LogP contribution is -2.47. The normalized spacial score (nSPS) is 15.3. The second kappa shape index (κ2) is 12.7. The van der Waals surface area contributed by atoms with Crippen LogP contribution in [0, 0.1) is 6.92 Å². The number of nitrogens with one attached hydrogen (secondary N) is 2. The number of benzene rings is 3. The predicted molar refractivity (Wildman–Crippen MR) is 165 cm³/mol. The molecule has 2 amide bonds. The second-order valence-corrected chi connectivity index (χ2v) is 12.9. The van der Waals surface area contributed by atoms with Crippen LogP contribution in [-0.2, 0) is 32.6 Å². The summed E-state index contributed by atoms with van der Waals surface area (Å²) >= 11 is 12.1. The molecular weight excluding hydrogens is 627 g/mol. The van der Waals surface area contributed by atoms with Gasteiger partial charge in [0.15, 0.2) is 0 Å². The van der Waals surface area contributed by atoms with Crippen LogP contribution in [0.5, 0.6) is 0 Å². The Morgan fingerprint density at radius 3 is 2.25 bits per heavy atom. The lowest BCUT2D eigenvalue weighted by atomic mass is 10.0. The van der Waals surface area contributed by atoms with E-state index in [4.69, 9.17) is 23.2 Å². The van der Waals surface area contributed by atoms with E-state index in [0.29, 0.717) is 22.4 Å². The molecule has 0 saturated carbocycles. The van der Waals surface area contributed by atoms with Gasteiger partial charge in [-0.3, -0.25) is 14.6 Å². The topological polar surface area (TPSA) is 146 Å². The molecule has 4 aromatic rings. The maximum atomic E-state index is 13.7. The van der Waals surface area contributed by atoms with Crippen LogP contribution in [0.4, 0.5) is 5.69 Å². The summed E-state index contributed by atoms with van der Waals surface area (Å²) in [6, 6.07) is 16.9. The minimum absolute atomic E-state index is 0.0316. The summed E-state index contributed by atoms with van der Waals surface area (Å²) in [4.78, 5) is 42.4. The molecule has 44 heavy (non-hydrogen) atoms. The van der Waals surface area contributed by atoms with Crippen molar-refractivity contribution in [3.05, 3.63) is 123 Å². The van der Waals surface area contributed by atoms with Gasteiger partial charge in [-0.1, -0.05) is 77.3 Å². The molecule has 5 rings (SSSR count). The zero-order valence-corrected chi connectivity index (χ0v) is 25.5. The molecule has 0 radical (unpaired) electrons. The lowest BCUT2D eigenvalue weighted by molar-refractivity contribution is -0.142. The van der Waals surface area contributed by atoms with Gasteiger partial charge in [0, 0.05) is 31.0 Å². The Hall–Kier alpha value is -4.29. The average molecular weight is 654 g/mol. The van der Waals surface area contributed by atoms with Crippen LogP contribution >= 0.6 is 23.2 Å². The molecule has 0 bridgehead atoms. The molecule has 0 saturated heterocycles. The number of hydrogen-bond acceptors (Lipinski definition) is 6. The van der Waals surface area contributed by atoms with Crippen molar-refractivity contribution >= 4 is 56.7 Å². The van der Waals surface area contributed by atoms with Crippen LogP contribution in [0.2, 0.25) is 10.0 Å². The molecule has 10 nitrogen and oxygen atoms in total. The van der Waals surface area contributed by atoms with Crippen LogP contribution in [0.3, 0.4) is 0 Å². The number of carbonyl (C=O) groups is 3. The number of aromatic nitrogens is 1. The average Bonchev–Trinajstić information content (AvgIpc) is 3.39. The molecule has 1 aliphatic rings. The number of carbonyl (C=O) groups excluding carboxylic acids is 2. The van der Waals surface area contributed by atoms with Gasteiger partial charge >= 0.3 is 5.97 Å². The maximum Gasteiger partial charge on any atom is 0.326 e. The Balaban J connectivity index is 1.33. The number of amides is 2. The van der Waals surface area contributed by atoms with Crippen molar-refractivity contribution in [3.63, 3.8) is 0 Å². The fourth-order valence-electron chi connectivity index (χ4n) is 4.93. The molecule has 2 atom stereocenters. The van der Waals surface area contributed by atoms with Crippen LogP contribution in [-0.4, -0.2) is 46.6 Å². The summed E-state index contributed by atoms with van der Waals surface area (Å²) in [5.41, 5.74) is 3.03. The molecule has 0 aliphatic carbocycles. The summed E-state index contributed by atoms with van der Waals surface area (Å²) < 4.78 is 28.4. The summed E-state index contributed by atoms with van der Waals surface area (Å²) in [6.07, 6.45) is 2.50. The number of halogens is 2. The number of nitrogens with zero attached hydrogens (tertiary/aromatic N) is 2. The van der Waals surface area contributed by atoms with Crippen LogP contribution < -0.4 is 10.6 Å². The third-order valence-corrected chi connectivity index (χ3v) is 9.58. The fraction of sp³-hybridized carbons (Fsp3) is 0.161. The van der Waals surface area contributed by atoms with E-state index in [9.17, 15) is 27.9 Å². The Morgan fingerprint density at radius 1 is 0.977 bits per heavy atom. The Labute approximate surface area is 263 Å². The molecule has 3 aromatic carbocycles. The first-order valence-corrected chi connectivity index (χ1v) is 15.5. The van der Waals surface area contributed by atoms with E-state index in [1.54, 1.807) is 60.7 Å². The number of aryl methyl sites for hydroxylation is 1. The number of anilines is 1.